The highest BCUT2D eigenvalue weighted by molar-refractivity contribution is 7.99. The van der Waals surface area contributed by atoms with Crippen LogP contribution in [0.1, 0.15) is 11.1 Å². The standard InChI is InChI=1S/C30H29N5O5S4/c1-40-24-10-6-5-9-23(24)35-28(37)26-27(34(30(41)43-26)18-16-20-7-3-2-4-8-20)33-29(35)42-19-25(36)32-17-15-21-11-13-22(14-12-21)44(31,38)39/h2-14H,15-19H2,1H3,(H,32,36)(H2,31,38,39). The highest BCUT2D eigenvalue weighted by Crippen LogP contribution is 2.29. The van der Waals surface area contributed by atoms with Gasteiger partial charge in [-0.3, -0.25) is 14.2 Å². The predicted octanol–water partition coefficient (Wildman–Crippen LogP) is 4.33. The van der Waals surface area contributed by atoms with Crippen molar-refractivity contribution in [1.82, 2.24) is 19.4 Å². The Morgan fingerprint density at radius 1 is 1.02 bits per heavy atom. The summed E-state index contributed by atoms with van der Waals surface area (Å²) in [5.74, 6) is 0.248. The third kappa shape index (κ3) is 7.27. The molecule has 0 aliphatic carbocycles. The molecule has 0 aliphatic heterocycles. The molecule has 5 aromatic rings. The third-order valence-electron chi connectivity index (χ3n) is 6.77. The molecule has 0 radical (unpaired) electrons. The molecular weight excluding hydrogens is 639 g/mol. The molecule has 0 spiro atoms. The lowest BCUT2D eigenvalue weighted by atomic mass is 10.1. The van der Waals surface area contributed by atoms with Crippen LogP contribution in [0.15, 0.2) is 93.7 Å². The first kappa shape index (κ1) is 31.6. The number of nitrogens with one attached hydrogen (secondary N) is 1. The van der Waals surface area contributed by atoms with Crippen molar-refractivity contribution >= 4 is 61.6 Å². The number of nitrogens with zero attached hydrogens (tertiary/aromatic N) is 3. The van der Waals surface area contributed by atoms with Crippen molar-refractivity contribution in [2.24, 2.45) is 5.14 Å². The highest BCUT2D eigenvalue weighted by Gasteiger charge is 2.21. The highest BCUT2D eigenvalue weighted by atomic mass is 32.2. The first-order valence-corrected chi connectivity index (χ1v) is 17.3. The summed E-state index contributed by atoms with van der Waals surface area (Å²) in [5.41, 5.74) is 2.69. The largest absolute Gasteiger partial charge is 0.495 e. The lowest BCUT2D eigenvalue weighted by Gasteiger charge is -2.15. The van der Waals surface area contributed by atoms with Gasteiger partial charge < -0.3 is 14.6 Å². The van der Waals surface area contributed by atoms with Crippen LogP contribution in [0.2, 0.25) is 0 Å². The molecule has 2 heterocycles. The molecule has 10 nitrogen and oxygen atoms in total. The maximum atomic E-state index is 14.0. The van der Waals surface area contributed by atoms with E-state index in [4.69, 9.17) is 27.1 Å². The zero-order chi connectivity index (χ0) is 31.3. The van der Waals surface area contributed by atoms with Crippen LogP contribution < -0.4 is 20.8 Å². The van der Waals surface area contributed by atoms with Crippen molar-refractivity contribution < 1.29 is 17.9 Å². The van der Waals surface area contributed by atoms with Gasteiger partial charge in [0, 0.05) is 13.1 Å². The van der Waals surface area contributed by atoms with Crippen LogP contribution >= 0.6 is 35.3 Å². The minimum atomic E-state index is -3.77. The van der Waals surface area contributed by atoms with Crippen molar-refractivity contribution in [1.29, 1.82) is 0 Å². The second-order valence-electron chi connectivity index (χ2n) is 9.69. The molecule has 228 valence electrons. The summed E-state index contributed by atoms with van der Waals surface area (Å²) in [5, 5.41) is 8.36. The Labute approximate surface area is 267 Å². The van der Waals surface area contributed by atoms with Crippen LogP contribution in [0.25, 0.3) is 16.0 Å². The molecule has 2 aromatic heterocycles. The number of thioether (sulfide) groups is 1. The Hall–Kier alpha value is -3.82. The molecule has 0 aliphatic rings. The average Bonchev–Trinajstić information content (AvgIpc) is 3.34. The summed E-state index contributed by atoms with van der Waals surface area (Å²) in [6.45, 7) is 0.889. The minimum Gasteiger partial charge on any atom is -0.495 e. The fourth-order valence-corrected chi connectivity index (χ4v) is 7.21. The predicted molar refractivity (Wildman–Crippen MR) is 176 cm³/mol. The fourth-order valence-electron chi connectivity index (χ4n) is 4.56. The first-order chi connectivity index (χ1) is 21.2. The number of carbonyl (C=O) groups is 1. The second kappa shape index (κ2) is 13.9. The molecule has 14 heteroatoms. The van der Waals surface area contributed by atoms with Crippen molar-refractivity contribution in [2.75, 3.05) is 19.4 Å². The summed E-state index contributed by atoms with van der Waals surface area (Å²) in [6, 6.07) is 23.3. The first-order valence-electron chi connectivity index (χ1n) is 13.5. The van der Waals surface area contributed by atoms with Crippen LogP contribution in [0, 0.1) is 3.95 Å². The number of benzene rings is 3. The second-order valence-corrected chi connectivity index (χ2v) is 13.8. The molecule has 0 saturated carbocycles. The van der Waals surface area contributed by atoms with Crippen molar-refractivity contribution in [2.45, 2.75) is 29.4 Å². The summed E-state index contributed by atoms with van der Waals surface area (Å²) < 4.78 is 32.8. The number of carbonyl (C=O) groups excluding carboxylic acids is 1. The van der Waals surface area contributed by atoms with Gasteiger partial charge >= 0.3 is 0 Å². The third-order valence-corrected chi connectivity index (χ3v) is 10.1. The Morgan fingerprint density at radius 2 is 1.70 bits per heavy atom. The van der Waals surface area contributed by atoms with E-state index in [1.54, 1.807) is 30.3 Å². The number of thiazole rings is 1. The van der Waals surface area contributed by atoms with E-state index in [0.29, 0.717) is 56.8 Å². The number of sulfonamides is 1. The van der Waals surface area contributed by atoms with Gasteiger partial charge in [-0.1, -0.05) is 77.7 Å². The van der Waals surface area contributed by atoms with Crippen LogP contribution in [0.5, 0.6) is 5.75 Å². The maximum Gasteiger partial charge on any atom is 0.278 e. The van der Waals surface area contributed by atoms with Gasteiger partial charge in [0.25, 0.3) is 5.56 Å². The Balaban J connectivity index is 1.39. The number of nitrogens with two attached hydrogens (primary N) is 1. The van der Waals surface area contributed by atoms with E-state index in [9.17, 15) is 18.0 Å². The lowest BCUT2D eigenvalue weighted by molar-refractivity contribution is -0.118. The Kier molecular flexibility index (Phi) is 9.96. The van der Waals surface area contributed by atoms with Crippen LogP contribution in [-0.4, -0.2) is 47.9 Å². The number of amides is 1. The SMILES string of the molecule is COc1ccccc1-n1c(SCC(=O)NCCc2ccc(S(N)(=O)=O)cc2)nc2c(sc(=S)n2CCc2ccccc2)c1=O. The Morgan fingerprint density at radius 3 is 2.41 bits per heavy atom. The van der Waals surface area contributed by atoms with Gasteiger partial charge in [0.1, 0.15) is 10.4 Å². The number of para-hydroxylation sites is 2. The van der Waals surface area contributed by atoms with Crippen LogP contribution in [0.3, 0.4) is 0 Å². The number of hydrogen-bond donors (Lipinski definition) is 2. The van der Waals surface area contributed by atoms with E-state index >= 15 is 0 Å². The summed E-state index contributed by atoms with van der Waals surface area (Å²) >= 11 is 8.02. The molecule has 3 aromatic carbocycles. The average molecular weight is 668 g/mol. The van der Waals surface area contributed by atoms with Gasteiger partial charge in [-0.05, 0) is 60.5 Å². The molecule has 5 rings (SSSR count). The van der Waals surface area contributed by atoms with Crippen molar-refractivity contribution in [3.8, 4) is 11.4 Å². The summed E-state index contributed by atoms with van der Waals surface area (Å²) in [6.07, 6.45) is 1.21. The molecule has 3 N–H and O–H groups in total. The molecule has 0 atom stereocenters. The summed E-state index contributed by atoms with van der Waals surface area (Å²) in [4.78, 5) is 31.7. The lowest BCUT2D eigenvalue weighted by Crippen LogP contribution is -2.28. The van der Waals surface area contributed by atoms with Gasteiger partial charge in [-0.25, -0.2) is 18.5 Å². The number of hydrogen-bond acceptors (Lipinski definition) is 9. The van der Waals surface area contributed by atoms with Gasteiger partial charge in [0.05, 0.1) is 23.4 Å². The van der Waals surface area contributed by atoms with E-state index in [1.807, 2.05) is 41.0 Å². The number of rotatable bonds is 12. The van der Waals surface area contributed by atoms with Crippen LogP contribution in [-0.2, 0) is 34.2 Å². The monoisotopic (exact) mass is 667 g/mol. The van der Waals surface area contributed by atoms with E-state index in [-0.39, 0.29) is 22.1 Å². The smallest absolute Gasteiger partial charge is 0.278 e. The molecule has 1 amide bonds. The number of methoxy groups -OCH3 is 1. The number of fused-ring (bicyclic) bond motifs is 1. The van der Waals surface area contributed by atoms with Gasteiger partial charge in [0.15, 0.2) is 14.8 Å². The molecular formula is C30H29N5O5S4. The van der Waals surface area contributed by atoms with E-state index in [1.165, 1.54) is 35.1 Å². The van der Waals surface area contributed by atoms with E-state index < -0.39 is 10.0 Å². The quantitative estimate of drug-likeness (QED) is 0.114. The van der Waals surface area contributed by atoms with E-state index in [0.717, 1.165) is 22.9 Å². The zero-order valence-corrected chi connectivity index (χ0v) is 26.9. The molecule has 0 bridgehead atoms. The molecule has 44 heavy (non-hydrogen) atoms. The van der Waals surface area contributed by atoms with Gasteiger partial charge in [-0.2, -0.15) is 0 Å². The number of primary sulfonamides is 1. The topological polar surface area (TPSA) is 138 Å². The van der Waals surface area contributed by atoms with Gasteiger partial charge in [0.2, 0.25) is 15.9 Å². The minimum absolute atomic E-state index is 0.00629. The van der Waals surface area contributed by atoms with Gasteiger partial charge in [-0.15, -0.1) is 0 Å². The fraction of sp³-hybridized carbons (Fsp3) is 0.200. The normalized spacial score (nSPS) is 11.5. The van der Waals surface area contributed by atoms with Crippen molar-refractivity contribution in [3.63, 3.8) is 0 Å². The molecule has 0 fully saturated rings. The van der Waals surface area contributed by atoms with E-state index in [2.05, 4.69) is 5.32 Å². The van der Waals surface area contributed by atoms with Crippen molar-refractivity contribution in [3.05, 3.63) is 104 Å². The Bertz CT molecular complexity index is 2020. The number of ether oxygens (including phenoxy) is 1. The maximum absolute atomic E-state index is 14.0. The number of aryl methyl sites for hydroxylation is 2. The molecule has 0 unspecified atom stereocenters. The zero-order valence-electron chi connectivity index (χ0n) is 23.6. The number of aromatic nitrogens is 3. The summed E-state index contributed by atoms with van der Waals surface area (Å²) in [7, 11) is -2.24. The van der Waals surface area contributed by atoms with Crippen LogP contribution in [0.4, 0.5) is 0 Å². The molecule has 0 saturated heterocycles.